The third-order valence-corrected chi connectivity index (χ3v) is 3.52. The van der Waals surface area contributed by atoms with Gasteiger partial charge in [-0.15, -0.1) is 11.3 Å². The lowest BCUT2D eigenvalue weighted by atomic mass is 10.1. The first-order valence-corrected chi connectivity index (χ1v) is 7.21. The van der Waals surface area contributed by atoms with Gasteiger partial charge >= 0.3 is 0 Å². The van der Waals surface area contributed by atoms with E-state index in [4.69, 9.17) is 4.84 Å². The van der Waals surface area contributed by atoms with Gasteiger partial charge in [-0.1, -0.05) is 26.0 Å². The van der Waals surface area contributed by atoms with Gasteiger partial charge in [0.05, 0.1) is 6.61 Å². The van der Waals surface area contributed by atoms with Gasteiger partial charge in [-0.3, -0.25) is 0 Å². The van der Waals surface area contributed by atoms with E-state index in [0.717, 1.165) is 10.4 Å². The van der Waals surface area contributed by atoms with Crippen molar-refractivity contribution in [2.45, 2.75) is 20.4 Å². The molecule has 4 heteroatoms. The minimum absolute atomic E-state index is 0.186. The number of hydrogen-bond acceptors (Lipinski definition) is 3. The number of hydroxylamine groups is 1. The Hall–Kier alpha value is -1.23. The highest BCUT2D eigenvalue weighted by Gasteiger charge is 2.07. The van der Waals surface area contributed by atoms with Crippen LogP contribution in [-0.2, 0) is 11.4 Å². The van der Waals surface area contributed by atoms with E-state index in [-0.39, 0.29) is 5.82 Å². The van der Waals surface area contributed by atoms with Crippen molar-refractivity contribution in [3.05, 3.63) is 47.1 Å². The predicted molar refractivity (Wildman–Crippen MR) is 77.3 cm³/mol. The van der Waals surface area contributed by atoms with Crippen LogP contribution in [0.1, 0.15) is 19.4 Å². The van der Waals surface area contributed by atoms with Crippen LogP contribution in [0, 0.1) is 11.7 Å². The monoisotopic (exact) mass is 279 g/mol. The summed E-state index contributed by atoms with van der Waals surface area (Å²) in [4.78, 5) is 6.27. The first-order valence-electron chi connectivity index (χ1n) is 6.34. The second kappa shape index (κ2) is 6.80. The number of nitrogens with one attached hydrogen (secondary N) is 1. The molecule has 0 aliphatic heterocycles. The third kappa shape index (κ3) is 4.13. The second-order valence-electron chi connectivity index (χ2n) is 4.82. The Labute approximate surface area is 117 Å². The van der Waals surface area contributed by atoms with Gasteiger partial charge in [0, 0.05) is 17.0 Å². The molecule has 1 N–H and O–H groups in total. The Bertz CT molecular complexity index is 511. The van der Waals surface area contributed by atoms with Crippen molar-refractivity contribution < 1.29 is 9.23 Å². The van der Waals surface area contributed by atoms with Crippen LogP contribution >= 0.6 is 11.3 Å². The molecule has 0 spiro atoms. The summed E-state index contributed by atoms with van der Waals surface area (Å²) < 4.78 is 13.8. The highest BCUT2D eigenvalue weighted by atomic mass is 32.1. The molecule has 1 aromatic heterocycles. The molecule has 2 nitrogen and oxygen atoms in total. The number of hydrogen-bond donors (Lipinski definition) is 1. The average molecular weight is 279 g/mol. The first-order chi connectivity index (χ1) is 9.16. The lowest BCUT2D eigenvalue weighted by molar-refractivity contribution is 0.0196. The molecule has 0 unspecified atom stereocenters. The van der Waals surface area contributed by atoms with Gasteiger partial charge in [0.25, 0.3) is 0 Å². The van der Waals surface area contributed by atoms with Crippen molar-refractivity contribution in [2.75, 3.05) is 6.61 Å². The maximum absolute atomic E-state index is 13.8. The van der Waals surface area contributed by atoms with Crippen molar-refractivity contribution in [1.29, 1.82) is 0 Å². The average Bonchev–Trinajstić information content (AvgIpc) is 2.90. The molecule has 0 aliphatic rings. The lowest BCUT2D eigenvalue weighted by Crippen LogP contribution is -2.17. The number of rotatable bonds is 6. The van der Waals surface area contributed by atoms with Crippen LogP contribution in [0.3, 0.4) is 0 Å². The molecule has 0 bridgehead atoms. The van der Waals surface area contributed by atoms with E-state index in [1.54, 1.807) is 6.07 Å². The predicted octanol–water partition coefficient (Wildman–Crippen LogP) is 4.23. The highest BCUT2D eigenvalue weighted by Crippen LogP contribution is 2.28. The van der Waals surface area contributed by atoms with Crippen molar-refractivity contribution in [2.24, 2.45) is 5.92 Å². The Morgan fingerprint density at radius 2 is 2.16 bits per heavy atom. The summed E-state index contributed by atoms with van der Waals surface area (Å²) in [5.41, 5.74) is 4.56. The SMILES string of the molecule is CC(C)CONCc1ccc(F)c(-c2cccs2)c1. The zero-order valence-corrected chi connectivity index (χ0v) is 12.0. The summed E-state index contributed by atoms with van der Waals surface area (Å²) in [6, 6.07) is 9.01. The summed E-state index contributed by atoms with van der Waals surface area (Å²) in [6.45, 7) is 5.42. The van der Waals surface area contributed by atoms with E-state index in [9.17, 15) is 4.39 Å². The van der Waals surface area contributed by atoms with E-state index in [0.29, 0.717) is 24.6 Å². The summed E-state index contributed by atoms with van der Waals surface area (Å²) in [6.07, 6.45) is 0. The molecule has 0 aliphatic carbocycles. The van der Waals surface area contributed by atoms with Crippen molar-refractivity contribution in [3.8, 4) is 10.4 Å². The molecule has 0 fully saturated rings. The summed E-state index contributed by atoms with van der Waals surface area (Å²) in [5, 5.41) is 1.95. The minimum Gasteiger partial charge on any atom is -0.301 e. The summed E-state index contributed by atoms with van der Waals surface area (Å²) >= 11 is 1.54. The molecule has 102 valence electrons. The quantitative estimate of drug-likeness (QED) is 0.631. The largest absolute Gasteiger partial charge is 0.301 e. The molecule has 2 rings (SSSR count). The Morgan fingerprint density at radius 3 is 2.84 bits per heavy atom. The molecule has 1 heterocycles. The maximum Gasteiger partial charge on any atom is 0.131 e. The first kappa shape index (κ1) is 14.2. The fraction of sp³-hybridized carbons (Fsp3) is 0.333. The van der Waals surface area contributed by atoms with Crippen LogP contribution in [0.4, 0.5) is 4.39 Å². The van der Waals surface area contributed by atoms with Gasteiger partial charge in [-0.05, 0) is 35.1 Å². The van der Waals surface area contributed by atoms with Crippen LogP contribution in [-0.4, -0.2) is 6.61 Å². The number of thiophene rings is 1. The topological polar surface area (TPSA) is 21.3 Å². The van der Waals surface area contributed by atoms with E-state index < -0.39 is 0 Å². The van der Waals surface area contributed by atoms with Gasteiger partial charge in [0.2, 0.25) is 0 Å². The van der Waals surface area contributed by atoms with Crippen LogP contribution in [0.15, 0.2) is 35.7 Å². The van der Waals surface area contributed by atoms with Gasteiger partial charge in [0.1, 0.15) is 5.82 Å². The van der Waals surface area contributed by atoms with Crippen LogP contribution in [0.2, 0.25) is 0 Å². The zero-order chi connectivity index (χ0) is 13.7. The lowest BCUT2D eigenvalue weighted by Gasteiger charge is -2.09. The number of benzene rings is 1. The molecule has 0 radical (unpaired) electrons. The van der Waals surface area contributed by atoms with Gasteiger partial charge in [-0.2, -0.15) is 5.48 Å². The van der Waals surface area contributed by atoms with E-state index in [2.05, 4.69) is 19.3 Å². The molecular formula is C15H18FNOS. The molecule has 19 heavy (non-hydrogen) atoms. The highest BCUT2D eigenvalue weighted by molar-refractivity contribution is 7.13. The normalized spacial score (nSPS) is 11.2. The molecule has 2 aromatic rings. The minimum atomic E-state index is -0.186. The fourth-order valence-corrected chi connectivity index (χ4v) is 2.41. The number of halogens is 1. The molecule has 1 aromatic carbocycles. The van der Waals surface area contributed by atoms with E-state index >= 15 is 0 Å². The van der Waals surface area contributed by atoms with Crippen molar-refractivity contribution in [3.63, 3.8) is 0 Å². The molecular weight excluding hydrogens is 261 g/mol. The molecule has 0 amide bonds. The van der Waals surface area contributed by atoms with Crippen molar-refractivity contribution >= 4 is 11.3 Å². The van der Waals surface area contributed by atoms with Gasteiger partial charge < -0.3 is 4.84 Å². The van der Waals surface area contributed by atoms with Crippen molar-refractivity contribution in [1.82, 2.24) is 5.48 Å². The summed E-state index contributed by atoms with van der Waals surface area (Å²) in [5.74, 6) is 0.302. The fourth-order valence-electron chi connectivity index (χ4n) is 1.66. The van der Waals surface area contributed by atoms with Gasteiger partial charge in [-0.25, -0.2) is 4.39 Å². The second-order valence-corrected chi connectivity index (χ2v) is 5.77. The maximum atomic E-state index is 13.8. The standard InChI is InChI=1S/C15H18FNOS/c1-11(2)10-18-17-9-12-5-6-14(16)13(8-12)15-4-3-7-19-15/h3-8,11,17H,9-10H2,1-2H3. The summed E-state index contributed by atoms with van der Waals surface area (Å²) in [7, 11) is 0. The third-order valence-electron chi connectivity index (χ3n) is 2.61. The Kier molecular flexibility index (Phi) is 5.07. The molecule has 0 saturated carbocycles. The molecule has 0 atom stereocenters. The Morgan fingerprint density at radius 1 is 1.32 bits per heavy atom. The van der Waals surface area contributed by atoms with Gasteiger partial charge in [0.15, 0.2) is 0 Å². The van der Waals surface area contributed by atoms with Crippen LogP contribution in [0.5, 0.6) is 0 Å². The van der Waals surface area contributed by atoms with E-state index in [1.165, 1.54) is 17.4 Å². The molecule has 0 saturated heterocycles. The van der Waals surface area contributed by atoms with Crippen LogP contribution in [0.25, 0.3) is 10.4 Å². The van der Waals surface area contributed by atoms with Crippen LogP contribution < -0.4 is 5.48 Å². The smallest absolute Gasteiger partial charge is 0.131 e. The zero-order valence-electron chi connectivity index (χ0n) is 11.2. The van der Waals surface area contributed by atoms with E-state index in [1.807, 2.05) is 23.6 Å². The Balaban J connectivity index is 2.01.